The molecule has 1 N–H and O–H groups in total. The van der Waals surface area contributed by atoms with Crippen molar-refractivity contribution in [1.29, 1.82) is 0 Å². The van der Waals surface area contributed by atoms with Gasteiger partial charge < -0.3 is 10.0 Å². The van der Waals surface area contributed by atoms with Gasteiger partial charge in [-0.05, 0) is 37.6 Å². The fourth-order valence-corrected chi connectivity index (χ4v) is 1.89. The van der Waals surface area contributed by atoms with Gasteiger partial charge in [-0.3, -0.25) is 0 Å². The maximum absolute atomic E-state index is 13.1. The molecule has 0 saturated heterocycles. The van der Waals surface area contributed by atoms with E-state index in [1.165, 1.54) is 12.1 Å². The van der Waals surface area contributed by atoms with Crippen molar-refractivity contribution < 1.29 is 23.1 Å². The molecule has 20 heavy (non-hydrogen) atoms. The van der Waals surface area contributed by atoms with E-state index in [-0.39, 0.29) is 11.3 Å². The Labute approximate surface area is 115 Å². The fraction of sp³-hybridized carbons (Fsp3) is 0.357. The van der Waals surface area contributed by atoms with Crippen LogP contribution in [0.15, 0.2) is 24.3 Å². The SMILES string of the molecule is CCN(CC)c1ccc(/C=C/C(=O)O)cc1C(F)(F)F. The predicted octanol–water partition coefficient (Wildman–Crippen LogP) is 3.65. The van der Waals surface area contributed by atoms with Gasteiger partial charge >= 0.3 is 12.1 Å². The molecule has 0 bridgehead atoms. The van der Waals surface area contributed by atoms with Crippen LogP contribution >= 0.6 is 0 Å². The molecule has 1 aromatic carbocycles. The summed E-state index contributed by atoms with van der Waals surface area (Å²) in [7, 11) is 0. The van der Waals surface area contributed by atoms with Crippen molar-refractivity contribution in [2.75, 3.05) is 18.0 Å². The number of hydrogen-bond donors (Lipinski definition) is 1. The normalized spacial score (nSPS) is 11.8. The second-order valence-corrected chi connectivity index (χ2v) is 4.12. The number of carboxylic acid groups (broad SMARTS) is 1. The highest BCUT2D eigenvalue weighted by Crippen LogP contribution is 2.37. The molecule has 1 rings (SSSR count). The zero-order valence-corrected chi connectivity index (χ0v) is 11.2. The third-order valence-electron chi connectivity index (χ3n) is 2.85. The zero-order valence-electron chi connectivity index (χ0n) is 11.2. The molecule has 0 atom stereocenters. The van der Waals surface area contributed by atoms with E-state index in [0.29, 0.717) is 13.1 Å². The second-order valence-electron chi connectivity index (χ2n) is 4.12. The van der Waals surface area contributed by atoms with E-state index in [0.717, 1.165) is 18.2 Å². The number of halogens is 3. The highest BCUT2D eigenvalue weighted by atomic mass is 19.4. The van der Waals surface area contributed by atoms with Gasteiger partial charge in [-0.1, -0.05) is 6.07 Å². The van der Waals surface area contributed by atoms with Gasteiger partial charge in [-0.25, -0.2) is 4.79 Å². The summed E-state index contributed by atoms with van der Waals surface area (Å²) >= 11 is 0. The lowest BCUT2D eigenvalue weighted by molar-refractivity contribution is -0.137. The second kappa shape index (κ2) is 6.45. The molecule has 0 radical (unpaired) electrons. The monoisotopic (exact) mass is 287 g/mol. The molecule has 0 fully saturated rings. The molecule has 0 aliphatic rings. The summed E-state index contributed by atoms with van der Waals surface area (Å²) in [5, 5.41) is 8.51. The molecule has 0 aliphatic carbocycles. The van der Waals surface area contributed by atoms with E-state index < -0.39 is 17.7 Å². The summed E-state index contributed by atoms with van der Waals surface area (Å²) in [5.41, 5.74) is -0.445. The number of benzene rings is 1. The Hall–Kier alpha value is -1.98. The van der Waals surface area contributed by atoms with Crippen LogP contribution in [0.5, 0.6) is 0 Å². The van der Waals surface area contributed by atoms with Crippen LogP contribution in [0.1, 0.15) is 25.0 Å². The van der Waals surface area contributed by atoms with Crippen molar-refractivity contribution in [1.82, 2.24) is 0 Å². The van der Waals surface area contributed by atoms with Crippen LogP contribution in [0.2, 0.25) is 0 Å². The van der Waals surface area contributed by atoms with E-state index in [4.69, 9.17) is 5.11 Å². The molecular weight excluding hydrogens is 271 g/mol. The molecule has 0 aromatic heterocycles. The van der Waals surface area contributed by atoms with Crippen molar-refractivity contribution in [3.8, 4) is 0 Å². The third kappa shape index (κ3) is 4.01. The van der Waals surface area contributed by atoms with Gasteiger partial charge in [-0.15, -0.1) is 0 Å². The first-order valence-electron chi connectivity index (χ1n) is 6.16. The number of anilines is 1. The maximum atomic E-state index is 13.1. The summed E-state index contributed by atoms with van der Waals surface area (Å²) in [4.78, 5) is 12.0. The van der Waals surface area contributed by atoms with Crippen LogP contribution < -0.4 is 4.90 Å². The number of carbonyl (C=O) groups is 1. The van der Waals surface area contributed by atoms with Crippen molar-refractivity contribution in [2.24, 2.45) is 0 Å². The lowest BCUT2D eigenvalue weighted by Crippen LogP contribution is -2.25. The van der Waals surface area contributed by atoms with Gasteiger partial charge in [0.15, 0.2) is 0 Å². The lowest BCUT2D eigenvalue weighted by atomic mass is 10.1. The van der Waals surface area contributed by atoms with Crippen molar-refractivity contribution in [3.05, 3.63) is 35.4 Å². The Morgan fingerprint density at radius 1 is 1.30 bits per heavy atom. The number of rotatable bonds is 5. The quantitative estimate of drug-likeness (QED) is 0.840. The minimum absolute atomic E-state index is 0.106. The molecular formula is C14H16F3NO2. The molecule has 3 nitrogen and oxygen atoms in total. The fourth-order valence-electron chi connectivity index (χ4n) is 1.89. The van der Waals surface area contributed by atoms with Crippen LogP contribution in [0.3, 0.4) is 0 Å². The average molecular weight is 287 g/mol. The van der Waals surface area contributed by atoms with Gasteiger partial charge in [0.05, 0.1) is 5.56 Å². The van der Waals surface area contributed by atoms with Gasteiger partial charge in [-0.2, -0.15) is 13.2 Å². The molecule has 0 aliphatic heterocycles. The Bertz CT molecular complexity index is 506. The molecule has 1 aromatic rings. The van der Waals surface area contributed by atoms with Crippen molar-refractivity contribution >= 4 is 17.7 Å². The number of carboxylic acids is 1. The van der Waals surface area contributed by atoms with E-state index in [2.05, 4.69) is 0 Å². The van der Waals surface area contributed by atoms with Crippen LogP contribution in [-0.4, -0.2) is 24.2 Å². The zero-order chi connectivity index (χ0) is 15.3. The van der Waals surface area contributed by atoms with E-state index in [1.54, 1.807) is 18.7 Å². The van der Waals surface area contributed by atoms with Crippen LogP contribution in [0, 0.1) is 0 Å². The number of alkyl halides is 3. The molecule has 0 spiro atoms. The number of nitrogens with zero attached hydrogens (tertiary/aromatic N) is 1. The van der Waals surface area contributed by atoms with Gasteiger partial charge in [0.25, 0.3) is 0 Å². The standard InChI is InChI=1S/C14H16F3NO2/c1-3-18(4-2)12-7-5-10(6-8-13(19)20)9-11(12)14(15,16)17/h5-9H,3-4H2,1-2H3,(H,19,20)/b8-6+. The highest BCUT2D eigenvalue weighted by Gasteiger charge is 2.34. The van der Waals surface area contributed by atoms with Gasteiger partial charge in [0.2, 0.25) is 0 Å². The van der Waals surface area contributed by atoms with Gasteiger partial charge in [0, 0.05) is 24.9 Å². The summed E-state index contributed by atoms with van der Waals surface area (Å²) in [6.07, 6.45) is -2.53. The van der Waals surface area contributed by atoms with Gasteiger partial charge in [0.1, 0.15) is 0 Å². The molecule has 110 valence electrons. The van der Waals surface area contributed by atoms with E-state index in [1.807, 2.05) is 0 Å². The summed E-state index contributed by atoms with van der Waals surface area (Å²) in [6, 6.07) is 3.81. The minimum Gasteiger partial charge on any atom is -0.478 e. The third-order valence-corrected chi connectivity index (χ3v) is 2.85. The first-order chi connectivity index (χ1) is 9.29. The summed E-state index contributed by atoms with van der Waals surface area (Å²) in [5.74, 6) is -1.20. The smallest absolute Gasteiger partial charge is 0.418 e. The topological polar surface area (TPSA) is 40.5 Å². The Kier molecular flexibility index (Phi) is 5.19. The first-order valence-corrected chi connectivity index (χ1v) is 6.16. The molecule has 0 heterocycles. The van der Waals surface area contributed by atoms with E-state index in [9.17, 15) is 18.0 Å². The minimum atomic E-state index is -4.48. The Morgan fingerprint density at radius 2 is 1.90 bits per heavy atom. The summed E-state index contributed by atoms with van der Waals surface area (Å²) in [6.45, 7) is 4.48. The average Bonchev–Trinajstić information content (AvgIpc) is 2.37. The maximum Gasteiger partial charge on any atom is 0.418 e. The predicted molar refractivity (Wildman–Crippen MR) is 71.7 cm³/mol. The largest absolute Gasteiger partial charge is 0.478 e. The number of aliphatic carboxylic acids is 1. The first kappa shape index (κ1) is 16.1. The molecule has 0 amide bonds. The lowest BCUT2D eigenvalue weighted by Gasteiger charge is -2.25. The van der Waals surface area contributed by atoms with Crippen molar-refractivity contribution in [3.63, 3.8) is 0 Å². The van der Waals surface area contributed by atoms with E-state index >= 15 is 0 Å². The summed E-state index contributed by atoms with van der Waals surface area (Å²) < 4.78 is 39.3. The number of hydrogen-bond acceptors (Lipinski definition) is 2. The van der Waals surface area contributed by atoms with Crippen LogP contribution in [0.4, 0.5) is 18.9 Å². The van der Waals surface area contributed by atoms with Crippen molar-refractivity contribution in [2.45, 2.75) is 20.0 Å². The van der Waals surface area contributed by atoms with Crippen LogP contribution in [0.25, 0.3) is 6.08 Å². The Morgan fingerprint density at radius 3 is 2.35 bits per heavy atom. The molecule has 0 saturated carbocycles. The highest BCUT2D eigenvalue weighted by molar-refractivity contribution is 5.85. The Balaban J connectivity index is 3.30. The molecule has 6 heteroatoms. The molecule has 0 unspecified atom stereocenters. The van der Waals surface area contributed by atoms with Crippen LogP contribution in [-0.2, 0) is 11.0 Å².